The number of amides is 1. The molecule has 1 aromatic rings. The van der Waals surface area contributed by atoms with Crippen LogP contribution in [0, 0.1) is 0 Å². The number of nitrogens with zero attached hydrogens (tertiary/aromatic N) is 1. The summed E-state index contributed by atoms with van der Waals surface area (Å²) in [4.78, 5) is 14.1. The number of nitrogen functional groups attached to an aromatic ring is 1. The molecular weight excluding hydrogens is 238 g/mol. The lowest BCUT2D eigenvalue weighted by Crippen LogP contribution is -2.36. The molecule has 4 nitrogen and oxygen atoms in total. The zero-order valence-electron chi connectivity index (χ0n) is 9.74. The number of anilines is 1. The number of likely N-dealkylation sites (tertiary alicyclic amines) is 1. The second-order valence-electron chi connectivity index (χ2n) is 4.46. The van der Waals surface area contributed by atoms with Gasteiger partial charge >= 0.3 is 0 Å². The zero-order valence-corrected chi connectivity index (χ0v) is 10.5. The van der Waals surface area contributed by atoms with Crippen molar-refractivity contribution in [2.24, 2.45) is 0 Å². The van der Waals surface area contributed by atoms with Crippen LogP contribution in [0.5, 0.6) is 0 Å². The summed E-state index contributed by atoms with van der Waals surface area (Å²) in [5.74, 6) is -0.0906. The monoisotopic (exact) mass is 253 g/mol. The van der Waals surface area contributed by atoms with E-state index in [0.717, 1.165) is 19.5 Å². The van der Waals surface area contributed by atoms with E-state index < -0.39 is 0 Å². The summed E-state index contributed by atoms with van der Waals surface area (Å²) >= 11 is 5.88. The van der Waals surface area contributed by atoms with Crippen LogP contribution in [0.1, 0.15) is 16.8 Å². The smallest absolute Gasteiger partial charge is 0.251 e. The third kappa shape index (κ3) is 2.90. The van der Waals surface area contributed by atoms with Crippen LogP contribution < -0.4 is 11.1 Å². The molecule has 5 heteroatoms. The summed E-state index contributed by atoms with van der Waals surface area (Å²) < 4.78 is 0. The van der Waals surface area contributed by atoms with Crippen molar-refractivity contribution >= 4 is 23.2 Å². The first-order chi connectivity index (χ1) is 8.06. The highest BCUT2D eigenvalue weighted by Crippen LogP contribution is 2.19. The Hall–Kier alpha value is -1.26. The van der Waals surface area contributed by atoms with Gasteiger partial charge in [-0.25, -0.2) is 0 Å². The van der Waals surface area contributed by atoms with Gasteiger partial charge in [-0.3, -0.25) is 4.79 Å². The van der Waals surface area contributed by atoms with Crippen molar-refractivity contribution in [3.8, 4) is 0 Å². The molecule has 1 unspecified atom stereocenters. The van der Waals surface area contributed by atoms with Gasteiger partial charge < -0.3 is 16.0 Å². The first-order valence-electron chi connectivity index (χ1n) is 5.60. The van der Waals surface area contributed by atoms with Crippen LogP contribution >= 0.6 is 11.6 Å². The van der Waals surface area contributed by atoms with Crippen molar-refractivity contribution in [2.45, 2.75) is 12.5 Å². The second kappa shape index (κ2) is 4.94. The molecule has 1 fully saturated rings. The number of halogens is 1. The van der Waals surface area contributed by atoms with Gasteiger partial charge in [0.25, 0.3) is 5.91 Å². The fraction of sp³-hybridized carbons (Fsp3) is 0.417. The first kappa shape index (κ1) is 12.2. The van der Waals surface area contributed by atoms with Crippen molar-refractivity contribution in [1.82, 2.24) is 10.2 Å². The van der Waals surface area contributed by atoms with E-state index in [1.54, 1.807) is 18.2 Å². The van der Waals surface area contributed by atoms with Gasteiger partial charge in [0, 0.05) is 18.2 Å². The molecule has 3 N–H and O–H groups in total. The van der Waals surface area contributed by atoms with E-state index in [1.165, 1.54) is 0 Å². The van der Waals surface area contributed by atoms with Gasteiger partial charge in [0.05, 0.1) is 10.7 Å². The van der Waals surface area contributed by atoms with Crippen molar-refractivity contribution in [1.29, 1.82) is 0 Å². The molecule has 0 radical (unpaired) electrons. The largest absolute Gasteiger partial charge is 0.398 e. The minimum absolute atomic E-state index is 0.0906. The van der Waals surface area contributed by atoms with Crippen molar-refractivity contribution < 1.29 is 4.79 Å². The SMILES string of the molecule is CN1CCC(NC(=O)c2ccc(N)c(Cl)c2)C1. The lowest BCUT2D eigenvalue weighted by molar-refractivity contribution is 0.0938. The minimum atomic E-state index is -0.0906. The van der Waals surface area contributed by atoms with E-state index in [-0.39, 0.29) is 11.9 Å². The van der Waals surface area contributed by atoms with Crippen LogP contribution in [0.2, 0.25) is 5.02 Å². The molecule has 1 amide bonds. The number of benzene rings is 1. The summed E-state index contributed by atoms with van der Waals surface area (Å²) in [6, 6.07) is 5.17. The summed E-state index contributed by atoms with van der Waals surface area (Å²) in [5.41, 5.74) is 6.64. The highest BCUT2D eigenvalue weighted by molar-refractivity contribution is 6.33. The molecule has 0 spiro atoms. The molecule has 1 atom stereocenters. The number of hydrogen-bond acceptors (Lipinski definition) is 3. The Kier molecular flexibility index (Phi) is 3.54. The molecule has 2 rings (SSSR count). The van der Waals surface area contributed by atoms with Crippen LogP contribution in [0.15, 0.2) is 18.2 Å². The van der Waals surface area contributed by atoms with Crippen LogP contribution in [0.4, 0.5) is 5.69 Å². The molecule has 1 aliphatic rings. The fourth-order valence-corrected chi connectivity index (χ4v) is 2.17. The topological polar surface area (TPSA) is 58.4 Å². The molecule has 0 bridgehead atoms. The molecule has 0 aliphatic carbocycles. The molecule has 0 aromatic heterocycles. The van der Waals surface area contributed by atoms with E-state index in [2.05, 4.69) is 10.2 Å². The number of rotatable bonds is 2. The molecule has 1 heterocycles. The number of likely N-dealkylation sites (N-methyl/N-ethyl adjacent to an activating group) is 1. The normalized spacial score (nSPS) is 20.5. The summed E-state index contributed by atoms with van der Waals surface area (Å²) in [5, 5.41) is 3.41. The van der Waals surface area contributed by atoms with E-state index in [4.69, 9.17) is 17.3 Å². The van der Waals surface area contributed by atoms with E-state index in [1.807, 2.05) is 7.05 Å². The molecular formula is C12H16ClN3O. The van der Waals surface area contributed by atoms with Crippen molar-refractivity contribution in [3.63, 3.8) is 0 Å². The molecule has 1 saturated heterocycles. The fourth-order valence-electron chi connectivity index (χ4n) is 1.99. The number of hydrogen-bond donors (Lipinski definition) is 2. The van der Waals surface area contributed by atoms with Crippen LogP contribution in [0.3, 0.4) is 0 Å². The third-order valence-electron chi connectivity index (χ3n) is 2.99. The maximum absolute atomic E-state index is 11.9. The average Bonchev–Trinajstić information content (AvgIpc) is 2.68. The molecule has 0 saturated carbocycles. The Bertz CT molecular complexity index is 436. The van der Waals surface area contributed by atoms with Gasteiger partial charge in [0.2, 0.25) is 0 Å². The number of nitrogens with two attached hydrogens (primary N) is 1. The molecule has 1 aromatic carbocycles. The molecule has 92 valence electrons. The van der Waals surface area contributed by atoms with Crippen molar-refractivity contribution in [3.05, 3.63) is 28.8 Å². The molecule has 17 heavy (non-hydrogen) atoms. The summed E-state index contributed by atoms with van der Waals surface area (Å²) in [6.07, 6.45) is 0.991. The summed E-state index contributed by atoms with van der Waals surface area (Å²) in [6.45, 7) is 1.92. The lowest BCUT2D eigenvalue weighted by atomic mass is 10.1. The van der Waals surface area contributed by atoms with Gasteiger partial charge in [-0.05, 0) is 38.2 Å². The van der Waals surface area contributed by atoms with Crippen LogP contribution in [-0.4, -0.2) is 37.0 Å². The summed E-state index contributed by atoms with van der Waals surface area (Å²) in [7, 11) is 2.05. The predicted octanol–water partition coefficient (Wildman–Crippen LogP) is 1.36. The van der Waals surface area contributed by atoms with Crippen LogP contribution in [0.25, 0.3) is 0 Å². The Morgan fingerprint density at radius 2 is 2.35 bits per heavy atom. The van der Waals surface area contributed by atoms with Gasteiger partial charge in [-0.1, -0.05) is 11.6 Å². The second-order valence-corrected chi connectivity index (χ2v) is 4.86. The first-order valence-corrected chi connectivity index (χ1v) is 5.98. The lowest BCUT2D eigenvalue weighted by Gasteiger charge is -2.13. The Morgan fingerprint density at radius 3 is 2.94 bits per heavy atom. The minimum Gasteiger partial charge on any atom is -0.398 e. The Balaban J connectivity index is 2.02. The maximum Gasteiger partial charge on any atom is 0.251 e. The van der Waals surface area contributed by atoms with E-state index in [0.29, 0.717) is 16.3 Å². The Morgan fingerprint density at radius 1 is 1.59 bits per heavy atom. The quantitative estimate of drug-likeness (QED) is 0.783. The van der Waals surface area contributed by atoms with Gasteiger partial charge in [0.15, 0.2) is 0 Å². The van der Waals surface area contributed by atoms with Gasteiger partial charge in [0.1, 0.15) is 0 Å². The maximum atomic E-state index is 11.9. The zero-order chi connectivity index (χ0) is 12.4. The van der Waals surface area contributed by atoms with E-state index >= 15 is 0 Å². The van der Waals surface area contributed by atoms with Crippen molar-refractivity contribution in [2.75, 3.05) is 25.9 Å². The standard InChI is InChI=1S/C12H16ClN3O/c1-16-5-4-9(7-16)15-12(17)8-2-3-11(14)10(13)6-8/h2-3,6,9H,4-5,7,14H2,1H3,(H,15,17). The van der Waals surface area contributed by atoms with Crippen LogP contribution in [-0.2, 0) is 0 Å². The third-order valence-corrected chi connectivity index (χ3v) is 3.32. The average molecular weight is 254 g/mol. The van der Waals surface area contributed by atoms with E-state index in [9.17, 15) is 4.79 Å². The highest BCUT2D eigenvalue weighted by atomic mass is 35.5. The highest BCUT2D eigenvalue weighted by Gasteiger charge is 2.21. The Labute approximate surface area is 106 Å². The predicted molar refractivity (Wildman–Crippen MR) is 69.2 cm³/mol. The van der Waals surface area contributed by atoms with Gasteiger partial charge in [-0.15, -0.1) is 0 Å². The number of carbonyl (C=O) groups excluding carboxylic acids is 1. The molecule has 1 aliphatic heterocycles. The van der Waals surface area contributed by atoms with Gasteiger partial charge in [-0.2, -0.15) is 0 Å². The number of carbonyl (C=O) groups is 1. The number of nitrogens with one attached hydrogen (secondary N) is 1.